The highest BCUT2D eigenvalue weighted by molar-refractivity contribution is 5.77. The molecule has 0 radical (unpaired) electrons. The van der Waals surface area contributed by atoms with Gasteiger partial charge in [-0.25, -0.2) is 4.39 Å². The average Bonchev–Trinajstić information content (AvgIpc) is 2.87. The van der Waals surface area contributed by atoms with Crippen molar-refractivity contribution in [1.29, 1.82) is 0 Å². The Kier molecular flexibility index (Phi) is 4.45. The number of amides is 1. The summed E-state index contributed by atoms with van der Waals surface area (Å²) in [5, 5.41) is 6.49. The number of carbonyl (C=O) groups excluding carboxylic acids is 1. The first-order valence-electron chi connectivity index (χ1n) is 6.43. The summed E-state index contributed by atoms with van der Waals surface area (Å²) in [4.78, 5) is 15.5. The van der Waals surface area contributed by atoms with Gasteiger partial charge in [-0.2, -0.15) is 4.98 Å². The van der Waals surface area contributed by atoms with E-state index in [1.54, 1.807) is 18.2 Å². The molecule has 2 rings (SSSR count). The van der Waals surface area contributed by atoms with Crippen LogP contribution in [-0.2, 0) is 11.2 Å². The van der Waals surface area contributed by atoms with Gasteiger partial charge < -0.3 is 9.84 Å². The average molecular weight is 277 g/mol. The minimum Gasteiger partial charge on any atom is -0.355 e. The van der Waals surface area contributed by atoms with Gasteiger partial charge in [0.15, 0.2) is 0 Å². The van der Waals surface area contributed by atoms with Crippen molar-refractivity contribution in [3.05, 3.63) is 36.0 Å². The van der Waals surface area contributed by atoms with E-state index in [4.69, 9.17) is 4.52 Å². The third kappa shape index (κ3) is 3.40. The van der Waals surface area contributed by atoms with Crippen LogP contribution in [0.5, 0.6) is 0 Å². The fourth-order valence-corrected chi connectivity index (χ4v) is 1.61. The van der Waals surface area contributed by atoms with E-state index in [-0.39, 0.29) is 17.6 Å². The number of aromatic nitrogens is 2. The smallest absolute Gasteiger partial charge is 0.228 e. The van der Waals surface area contributed by atoms with Crippen molar-refractivity contribution in [2.45, 2.75) is 20.3 Å². The SMILES string of the molecule is CC(C)C(=O)NCCc1nc(-c2ccccc2F)no1. The minimum atomic E-state index is -0.395. The van der Waals surface area contributed by atoms with Crippen LogP contribution in [0.15, 0.2) is 28.8 Å². The molecule has 0 atom stereocenters. The van der Waals surface area contributed by atoms with Gasteiger partial charge in [0, 0.05) is 18.9 Å². The number of rotatable bonds is 5. The molecule has 0 spiro atoms. The van der Waals surface area contributed by atoms with E-state index in [2.05, 4.69) is 15.5 Å². The Morgan fingerprint density at radius 3 is 2.85 bits per heavy atom. The first kappa shape index (κ1) is 14.2. The molecule has 20 heavy (non-hydrogen) atoms. The summed E-state index contributed by atoms with van der Waals surface area (Å²) in [6, 6.07) is 6.23. The third-order valence-electron chi connectivity index (χ3n) is 2.75. The van der Waals surface area contributed by atoms with Gasteiger partial charge in [-0.05, 0) is 12.1 Å². The summed E-state index contributed by atoms with van der Waals surface area (Å²) < 4.78 is 18.6. The molecule has 1 N–H and O–H groups in total. The van der Waals surface area contributed by atoms with Crippen molar-refractivity contribution in [1.82, 2.24) is 15.5 Å². The molecule has 0 aliphatic heterocycles. The molecule has 1 amide bonds. The zero-order valence-electron chi connectivity index (χ0n) is 11.4. The van der Waals surface area contributed by atoms with Crippen molar-refractivity contribution in [3.8, 4) is 11.4 Å². The maximum Gasteiger partial charge on any atom is 0.228 e. The zero-order chi connectivity index (χ0) is 14.5. The molecule has 0 bridgehead atoms. The molecule has 0 aliphatic rings. The molecular formula is C14H16FN3O2. The Balaban J connectivity index is 1.96. The lowest BCUT2D eigenvalue weighted by Crippen LogP contribution is -2.29. The number of hydrogen-bond donors (Lipinski definition) is 1. The van der Waals surface area contributed by atoms with Crippen molar-refractivity contribution < 1.29 is 13.7 Å². The highest BCUT2D eigenvalue weighted by Gasteiger charge is 2.12. The fraction of sp³-hybridized carbons (Fsp3) is 0.357. The van der Waals surface area contributed by atoms with Crippen LogP contribution >= 0.6 is 0 Å². The standard InChI is InChI=1S/C14H16FN3O2/c1-9(2)14(19)16-8-7-12-17-13(18-20-12)10-5-3-4-6-11(10)15/h3-6,9H,7-8H2,1-2H3,(H,16,19). The summed E-state index contributed by atoms with van der Waals surface area (Å²) >= 11 is 0. The number of halogens is 1. The summed E-state index contributed by atoms with van der Waals surface area (Å²) in [5.74, 6) is 0.0964. The normalized spacial score (nSPS) is 10.8. The van der Waals surface area contributed by atoms with Gasteiger partial charge in [0.25, 0.3) is 0 Å². The van der Waals surface area contributed by atoms with Gasteiger partial charge in [0.2, 0.25) is 17.6 Å². The number of carbonyl (C=O) groups is 1. The van der Waals surface area contributed by atoms with Gasteiger partial charge in [0.05, 0.1) is 5.56 Å². The van der Waals surface area contributed by atoms with Crippen LogP contribution in [0.4, 0.5) is 4.39 Å². The number of nitrogens with zero attached hydrogens (tertiary/aromatic N) is 2. The first-order valence-corrected chi connectivity index (χ1v) is 6.43. The van der Waals surface area contributed by atoms with Crippen molar-refractivity contribution in [2.75, 3.05) is 6.54 Å². The number of hydrogen-bond acceptors (Lipinski definition) is 4. The largest absolute Gasteiger partial charge is 0.355 e. The summed E-state index contributed by atoms with van der Waals surface area (Å²) in [7, 11) is 0. The lowest BCUT2D eigenvalue weighted by Gasteiger charge is -2.05. The molecule has 1 aromatic carbocycles. The third-order valence-corrected chi connectivity index (χ3v) is 2.75. The van der Waals surface area contributed by atoms with Crippen molar-refractivity contribution in [3.63, 3.8) is 0 Å². The summed E-state index contributed by atoms with van der Waals surface area (Å²) in [5.41, 5.74) is 0.300. The summed E-state index contributed by atoms with van der Waals surface area (Å²) in [6.07, 6.45) is 0.417. The molecule has 0 fully saturated rings. The first-order chi connectivity index (χ1) is 9.58. The Morgan fingerprint density at radius 2 is 2.15 bits per heavy atom. The fourth-order valence-electron chi connectivity index (χ4n) is 1.61. The van der Waals surface area contributed by atoms with Gasteiger partial charge >= 0.3 is 0 Å². The molecular weight excluding hydrogens is 261 g/mol. The highest BCUT2D eigenvalue weighted by atomic mass is 19.1. The Morgan fingerprint density at radius 1 is 1.40 bits per heavy atom. The Labute approximate surface area is 116 Å². The predicted molar refractivity (Wildman–Crippen MR) is 71.2 cm³/mol. The quantitative estimate of drug-likeness (QED) is 0.909. The lowest BCUT2D eigenvalue weighted by molar-refractivity contribution is -0.123. The van der Waals surface area contributed by atoms with Crippen LogP contribution in [0, 0.1) is 11.7 Å². The van der Waals surface area contributed by atoms with Crippen molar-refractivity contribution >= 4 is 5.91 Å². The zero-order valence-corrected chi connectivity index (χ0v) is 11.4. The second kappa shape index (κ2) is 6.27. The van der Waals surface area contributed by atoms with Crippen LogP contribution in [0.3, 0.4) is 0 Å². The van der Waals surface area contributed by atoms with Crippen LogP contribution < -0.4 is 5.32 Å². The number of benzene rings is 1. The molecule has 0 saturated carbocycles. The second-order valence-electron chi connectivity index (χ2n) is 4.69. The lowest BCUT2D eigenvalue weighted by atomic mass is 10.2. The molecule has 106 valence electrons. The summed E-state index contributed by atoms with van der Waals surface area (Å²) in [6.45, 7) is 4.05. The van der Waals surface area contributed by atoms with Crippen LogP contribution in [0.25, 0.3) is 11.4 Å². The van der Waals surface area contributed by atoms with E-state index < -0.39 is 5.82 Å². The van der Waals surface area contributed by atoms with E-state index in [1.165, 1.54) is 6.07 Å². The van der Waals surface area contributed by atoms with Gasteiger partial charge in [0.1, 0.15) is 5.82 Å². The van der Waals surface area contributed by atoms with Crippen molar-refractivity contribution in [2.24, 2.45) is 5.92 Å². The van der Waals surface area contributed by atoms with E-state index in [1.807, 2.05) is 13.8 Å². The molecule has 1 heterocycles. The van der Waals surface area contributed by atoms with Gasteiger partial charge in [-0.3, -0.25) is 4.79 Å². The maximum absolute atomic E-state index is 13.6. The molecule has 1 aromatic heterocycles. The number of nitrogens with one attached hydrogen (secondary N) is 1. The topological polar surface area (TPSA) is 68.0 Å². The van der Waals surface area contributed by atoms with Crippen LogP contribution in [0.1, 0.15) is 19.7 Å². The van der Waals surface area contributed by atoms with E-state index in [9.17, 15) is 9.18 Å². The molecule has 2 aromatic rings. The maximum atomic E-state index is 13.6. The second-order valence-corrected chi connectivity index (χ2v) is 4.69. The highest BCUT2D eigenvalue weighted by Crippen LogP contribution is 2.19. The van der Waals surface area contributed by atoms with E-state index >= 15 is 0 Å². The predicted octanol–water partition coefficient (Wildman–Crippen LogP) is 2.19. The molecule has 0 unspecified atom stereocenters. The van der Waals surface area contributed by atoms with Crippen LogP contribution in [-0.4, -0.2) is 22.6 Å². The Hall–Kier alpha value is -2.24. The van der Waals surface area contributed by atoms with E-state index in [0.29, 0.717) is 24.4 Å². The molecule has 6 heteroatoms. The van der Waals surface area contributed by atoms with E-state index in [0.717, 1.165) is 0 Å². The molecule has 0 aliphatic carbocycles. The minimum absolute atomic E-state index is 0.0288. The molecule has 0 saturated heterocycles. The Bertz CT molecular complexity index is 596. The van der Waals surface area contributed by atoms with Gasteiger partial charge in [-0.15, -0.1) is 0 Å². The van der Waals surface area contributed by atoms with Gasteiger partial charge in [-0.1, -0.05) is 31.1 Å². The molecule has 5 nitrogen and oxygen atoms in total. The monoisotopic (exact) mass is 277 g/mol. The van der Waals surface area contributed by atoms with Crippen LogP contribution in [0.2, 0.25) is 0 Å².